The molecule has 1 N–H and O–H groups in total. The van der Waals surface area contributed by atoms with Crippen LogP contribution in [0.3, 0.4) is 0 Å². The van der Waals surface area contributed by atoms with Gasteiger partial charge in [0, 0.05) is 6.54 Å². The Bertz CT molecular complexity index is 398. The van der Waals surface area contributed by atoms with Crippen molar-refractivity contribution >= 4 is 33.4 Å². The number of amides is 1. The van der Waals surface area contributed by atoms with E-state index in [2.05, 4.69) is 21.2 Å². The van der Waals surface area contributed by atoms with Crippen LogP contribution in [0.15, 0.2) is 22.7 Å². The van der Waals surface area contributed by atoms with Crippen LogP contribution in [-0.4, -0.2) is 18.6 Å². The Morgan fingerprint density at radius 1 is 1.59 bits per heavy atom. The molecule has 0 bridgehead atoms. The summed E-state index contributed by atoms with van der Waals surface area (Å²) in [6.07, 6.45) is 0.357. The quantitative estimate of drug-likeness (QED) is 0.903. The van der Waals surface area contributed by atoms with Crippen molar-refractivity contribution in [2.75, 3.05) is 6.54 Å². The summed E-state index contributed by atoms with van der Waals surface area (Å²) in [5.74, 6) is 0.440. The van der Waals surface area contributed by atoms with Gasteiger partial charge in [0.1, 0.15) is 5.75 Å². The molecule has 1 rings (SSSR count). The summed E-state index contributed by atoms with van der Waals surface area (Å²) in [5.41, 5.74) is 0. The summed E-state index contributed by atoms with van der Waals surface area (Å²) in [7, 11) is 0. The lowest BCUT2D eigenvalue weighted by Crippen LogP contribution is -2.36. The van der Waals surface area contributed by atoms with E-state index in [0.717, 1.165) is 6.42 Å². The fourth-order valence-electron chi connectivity index (χ4n) is 1.21. The zero-order chi connectivity index (χ0) is 12.8. The second-order valence-corrected chi connectivity index (χ2v) is 4.80. The molecule has 0 saturated carbocycles. The first-order valence-electron chi connectivity index (χ1n) is 5.44. The monoisotopic (exact) mass is 319 g/mol. The maximum Gasteiger partial charge on any atom is 0.260 e. The lowest BCUT2D eigenvalue weighted by atomic mass is 10.3. The molecule has 0 spiro atoms. The predicted molar refractivity (Wildman–Crippen MR) is 72.5 cm³/mol. The summed E-state index contributed by atoms with van der Waals surface area (Å²) in [5, 5.41) is 3.33. The van der Waals surface area contributed by atoms with Crippen molar-refractivity contribution in [1.29, 1.82) is 0 Å². The number of carbonyl (C=O) groups is 1. The van der Waals surface area contributed by atoms with Gasteiger partial charge in [-0.05, 0) is 41.4 Å². The first kappa shape index (κ1) is 14.3. The first-order chi connectivity index (χ1) is 8.06. The maximum absolute atomic E-state index is 11.6. The van der Waals surface area contributed by atoms with Crippen molar-refractivity contribution < 1.29 is 9.53 Å². The van der Waals surface area contributed by atoms with Gasteiger partial charge >= 0.3 is 0 Å². The van der Waals surface area contributed by atoms with E-state index >= 15 is 0 Å². The Kier molecular flexibility index (Phi) is 5.78. The van der Waals surface area contributed by atoms with Crippen molar-refractivity contribution in [2.45, 2.75) is 26.4 Å². The van der Waals surface area contributed by atoms with Crippen LogP contribution < -0.4 is 10.1 Å². The largest absolute Gasteiger partial charge is 0.480 e. The molecule has 0 saturated heterocycles. The summed E-state index contributed by atoms with van der Waals surface area (Å²) < 4.78 is 6.21. The standard InChI is InChI=1S/C12H15BrClNO2/c1-3-7-15-12(16)8(2)17-10-6-4-5-9(14)11(10)13/h4-6,8H,3,7H2,1-2H3,(H,15,16). The van der Waals surface area contributed by atoms with Crippen LogP contribution in [0.2, 0.25) is 5.02 Å². The highest BCUT2D eigenvalue weighted by atomic mass is 79.9. The minimum Gasteiger partial charge on any atom is -0.480 e. The zero-order valence-electron chi connectivity index (χ0n) is 9.80. The Morgan fingerprint density at radius 2 is 2.29 bits per heavy atom. The number of benzene rings is 1. The number of carbonyl (C=O) groups excluding carboxylic acids is 1. The summed E-state index contributed by atoms with van der Waals surface area (Å²) >= 11 is 9.25. The molecule has 1 unspecified atom stereocenters. The molecule has 0 fully saturated rings. The van der Waals surface area contributed by atoms with Crippen LogP contribution in [0, 0.1) is 0 Å². The van der Waals surface area contributed by atoms with Crippen molar-refractivity contribution in [1.82, 2.24) is 5.32 Å². The smallest absolute Gasteiger partial charge is 0.260 e. The fraction of sp³-hybridized carbons (Fsp3) is 0.417. The summed E-state index contributed by atoms with van der Waals surface area (Å²) in [6, 6.07) is 5.29. The molecule has 1 atom stereocenters. The number of ether oxygens (including phenoxy) is 1. The Morgan fingerprint density at radius 3 is 2.94 bits per heavy atom. The van der Waals surface area contributed by atoms with E-state index < -0.39 is 6.10 Å². The van der Waals surface area contributed by atoms with Gasteiger partial charge in [-0.3, -0.25) is 4.79 Å². The van der Waals surface area contributed by atoms with Crippen LogP contribution in [0.4, 0.5) is 0 Å². The Hall–Kier alpha value is -0.740. The molecule has 0 aliphatic carbocycles. The fourth-order valence-corrected chi connectivity index (χ4v) is 1.73. The molecule has 3 nitrogen and oxygen atoms in total. The lowest BCUT2D eigenvalue weighted by molar-refractivity contribution is -0.127. The number of halogens is 2. The van der Waals surface area contributed by atoms with Crippen LogP contribution in [0.25, 0.3) is 0 Å². The van der Waals surface area contributed by atoms with Gasteiger partial charge in [-0.2, -0.15) is 0 Å². The second kappa shape index (κ2) is 6.87. The average molecular weight is 321 g/mol. The van der Waals surface area contributed by atoms with Gasteiger partial charge in [0.25, 0.3) is 5.91 Å². The van der Waals surface area contributed by atoms with Gasteiger partial charge in [0.2, 0.25) is 0 Å². The third-order valence-corrected chi connectivity index (χ3v) is 3.50. The van der Waals surface area contributed by atoms with Crippen molar-refractivity contribution in [2.24, 2.45) is 0 Å². The lowest BCUT2D eigenvalue weighted by Gasteiger charge is -2.15. The third-order valence-electron chi connectivity index (χ3n) is 2.14. The van der Waals surface area contributed by atoms with Crippen LogP contribution in [0.1, 0.15) is 20.3 Å². The molecule has 0 aliphatic rings. The molecule has 0 heterocycles. The summed E-state index contributed by atoms with van der Waals surface area (Å²) in [4.78, 5) is 11.6. The number of hydrogen-bond acceptors (Lipinski definition) is 2. The highest BCUT2D eigenvalue weighted by Gasteiger charge is 2.15. The second-order valence-electron chi connectivity index (χ2n) is 3.60. The predicted octanol–water partition coefficient (Wildman–Crippen LogP) is 3.40. The molecule has 0 radical (unpaired) electrons. The highest BCUT2D eigenvalue weighted by Crippen LogP contribution is 2.32. The van der Waals surface area contributed by atoms with Crippen LogP contribution in [0.5, 0.6) is 5.75 Å². The van der Waals surface area contributed by atoms with E-state index in [-0.39, 0.29) is 5.91 Å². The molecule has 1 aromatic carbocycles. The molecule has 5 heteroatoms. The number of hydrogen-bond donors (Lipinski definition) is 1. The maximum atomic E-state index is 11.6. The molecular formula is C12H15BrClNO2. The molecule has 1 amide bonds. The summed E-state index contributed by atoms with van der Waals surface area (Å²) in [6.45, 7) is 4.36. The molecular weight excluding hydrogens is 305 g/mol. The minimum absolute atomic E-state index is 0.126. The van der Waals surface area contributed by atoms with Gasteiger partial charge in [0.05, 0.1) is 9.50 Å². The van der Waals surface area contributed by atoms with E-state index in [1.165, 1.54) is 0 Å². The Balaban J connectivity index is 2.64. The van der Waals surface area contributed by atoms with Crippen molar-refractivity contribution in [3.8, 4) is 5.75 Å². The molecule has 1 aromatic rings. The SMILES string of the molecule is CCCNC(=O)C(C)Oc1cccc(Cl)c1Br. The highest BCUT2D eigenvalue weighted by molar-refractivity contribution is 9.10. The van der Waals surface area contributed by atoms with Crippen LogP contribution in [-0.2, 0) is 4.79 Å². The van der Waals surface area contributed by atoms with Gasteiger partial charge < -0.3 is 10.1 Å². The minimum atomic E-state index is -0.545. The third kappa shape index (κ3) is 4.21. The average Bonchev–Trinajstić information content (AvgIpc) is 2.31. The van der Waals surface area contributed by atoms with E-state index in [1.54, 1.807) is 25.1 Å². The molecule has 94 valence electrons. The first-order valence-corrected chi connectivity index (χ1v) is 6.61. The number of rotatable bonds is 5. The van der Waals surface area contributed by atoms with Crippen LogP contribution >= 0.6 is 27.5 Å². The van der Waals surface area contributed by atoms with E-state index in [4.69, 9.17) is 16.3 Å². The normalized spacial score (nSPS) is 12.0. The van der Waals surface area contributed by atoms with Gasteiger partial charge in [-0.25, -0.2) is 0 Å². The van der Waals surface area contributed by atoms with Crippen molar-refractivity contribution in [3.05, 3.63) is 27.7 Å². The van der Waals surface area contributed by atoms with E-state index in [0.29, 0.717) is 21.8 Å². The topological polar surface area (TPSA) is 38.3 Å². The zero-order valence-corrected chi connectivity index (χ0v) is 12.1. The van der Waals surface area contributed by atoms with Gasteiger partial charge in [0.15, 0.2) is 6.10 Å². The van der Waals surface area contributed by atoms with Gasteiger partial charge in [-0.15, -0.1) is 0 Å². The molecule has 0 aliphatic heterocycles. The van der Waals surface area contributed by atoms with E-state index in [9.17, 15) is 4.79 Å². The molecule has 0 aromatic heterocycles. The van der Waals surface area contributed by atoms with Gasteiger partial charge in [-0.1, -0.05) is 24.6 Å². The van der Waals surface area contributed by atoms with Crippen molar-refractivity contribution in [3.63, 3.8) is 0 Å². The Labute approximate surface area is 115 Å². The molecule has 17 heavy (non-hydrogen) atoms. The number of nitrogens with one attached hydrogen (secondary N) is 1. The van der Waals surface area contributed by atoms with E-state index in [1.807, 2.05) is 6.92 Å².